The third-order valence-electron chi connectivity index (χ3n) is 1.94. The summed E-state index contributed by atoms with van der Waals surface area (Å²) in [6.45, 7) is 0. The molecule has 3 nitrogen and oxygen atoms in total. The van der Waals surface area contributed by atoms with E-state index in [2.05, 4.69) is 0 Å². The molecule has 0 saturated heterocycles. The minimum absolute atomic E-state index is 0. The Morgan fingerprint density at radius 3 is 2.42 bits per heavy atom. The summed E-state index contributed by atoms with van der Waals surface area (Å²) in [5, 5.41) is 10.2. The van der Waals surface area contributed by atoms with E-state index in [1.165, 1.54) is 0 Å². The van der Waals surface area contributed by atoms with E-state index in [1.54, 1.807) is 0 Å². The molecule has 5 heteroatoms. The molecule has 1 fully saturated rings. The monoisotopic (exact) mass is 182 g/mol. The predicted molar refractivity (Wildman–Crippen MR) is 32.3 cm³/mol. The molecule has 0 radical (unpaired) electrons. The molecule has 1 saturated carbocycles. The van der Waals surface area contributed by atoms with Crippen LogP contribution in [0.25, 0.3) is 0 Å². The maximum absolute atomic E-state index is 13.1. The van der Waals surface area contributed by atoms with Crippen molar-refractivity contribution in [1.82, 2.24) is 0 Å². The van der Waals surface area contributed by atoms with Gasteiger partial charge in [0, 0.05) is 6.42 Å². The van der Waals surface area contributed by atoms with Crippen LogP contribution in [0, 0.1) is 0 Å². The molecule has 12 heavy (non-hydrogen) atoms. The second kappa shape index (κ2) is 4.35. The molecule has 62 valence electrons. The Hall–Kier alpha value is 0.0700. The average molecular weight is 182 g/mol. The van der Waals surface area contributed by atoms with Gasteiger partial charge in [-0.3, -0.25) is 4.79 Å². The molecule has 1 unspecified atom stereocenters. The van der Waals surface area contributed by atoms with Crippen molar-refractivity contribution in [3.63, 3.8) is 0 Å². The molecule has 0 aromatic heterocycles. The standard InChI is InChI=1S/C7H9FO3.Na/c8-7(6(10)11)4-2-1-3-5(7)9;/h1-4H2,(H,10,11);/q;+1/p-1. The first-order valence-corrected chi connectivity index (χ1v) is 3.51. The van der Waals surface area contributed by atoms with Crippen molar-refractivity contribution in [3.05, 3.63) is 0 Å². The first-order valence-electron chi connectivity index (χ1n) is 3.51. The van der Waals surface area contributed by atoms with Gasteiger partial charge < -0.3 is 9.90 Å². The number of carboxylic acids is 1. The van der Waals surface area contributed by atoms with Crippen LogP contribution in [0.1, 0.15) is 25.7 Å². The summed E-state index contributed by atoms with van der Waals surface area (Å²) >= 11 is 0. The number of rotatable bonds is 1. The van der Waals surface area contributed by atoms with E-state index in [0.717, 1.165) is 0 Å². The molecule has 0 N–H and O–H groups in total. The van der Waals surface area contributed by atoms with E-state index in [-0.39, 0.29) is 42.4 Å². The first kappa shape index (κ1) is 12.1. The van der Waals surface area contributed by atoms with Gasteiger partial charge in [0.15, 0.2) is 5.78 Å². The molecular formula is C7H8FNaO3. The fourth-order valence-corrected chi connectivity index (χ4v) is 1.21. The summed E-state index contributed by atoms with van der Waals surface area (Å²) in [6, 6.07) is 0. The number of Topliss-reactive ketones (excluding diaryl/α,β-unsaturated/α-hetero) is 1. The predicted octanol–water partition coefficient (Wildman–Crippen LogP) is -3.41. The van der Waals surface area contributed by atoms with E-state index in [0.29, 0.717) is 12.8 Å². The van der Waals surface area contributed by atoms with Crippen LogP contribution in [-0.4, -0.2) is 17.4 Å². The Labute approximate surface area is 91.6 Å². The van der Waals surface area contributed by atoms with Gasteiger partial charge in [-0.25, -0.2) is 4.39 Å². The van der Waals surface area contributed by atoms with Crippen molar-refractivity contribution in [2.24, 2.45) is 0 Å². The van der Waals surface area contributed by atoms with E-state index < -0.39 is 17.4 Å². The molecule has 1 aliphatic rings. The maximum atomic E-state index is 13.1. The van der Waals surface area contributed by atoms with Crippen molar-refractivity contribution in [2.75, 3.05) is 0 Å². The van der Waals surface area contributed by atoms with Crippen molar-refractivity contribution < 1.29 is 48.6 Å². The summed E-state index contributed by atoms with van der Waals surface area (Å²) < 4.78 is 13.1. The molecule has 1 rings (SSSR count). The quantitative estimate of drug-likeness (QED) is 0.313. The number of ketones is 1. The molecule has 1 atom stereocenters. The Morgan fingerprint density at radius 1 is 1.50 bits per heavy atom. The van der Waals surface area contributed by atoms with Gasteiger partial charge in [-0.15, -0.1) is 0 Å². The Balaban J connectivity index is 0.00000121. The average Bonchev–Trinajstić information content (AvgIpc) is 1.95. The number of alkyl halides is 1. The number of hydrogen-bond acceptors (Lipinski definition) is 3. The molecule has 0 bridgehead atoms. The number of carboxylic acid groups (broad SMARTS) is 1. The van der Waals surface area contributed by atoms with Crippen LogP contribution in [0.3, 0.4) is 0 Å². The van der Waals surface area contributed by atoms with Crippen molar-refractivity contribution >= 4 is 11.8 Å². The number of carbonyl (C=O) groups is 2. The third-order valence-corrected chi connectivity index (χ3v) is 1.94. The zero-order valence-corrected chi connectivity index (χ0v) is 8.93. The summed E-state index contributed by atoms with van der Waals surface area (Å²) in [5.74, 6) is -2.73. The van der Waals surface area contributed by atoms with Gasteiger partial charge in [0.05, 0.1) is 5.97 Å². The maximum Gasteiger partial charge on any atom is 1.00 e. The van der Waals surface area contributed by atoms with Crippen LogP contribution in [-0.2, 0) is 9.59 Å². The number of aliphatic carboxylic acids is 1. The fourth-order valence-electron chi connectivity index (χ4n) is 1.21. The van der Waals surface area contributed by atoms with Crippen molar-refractivity contribution in [1.29, 1.82) is 0 Å². The number of carbonyl (C=O) groups excluding carboxylic acids is 2. The number of halogens is 1. The minimum atomic E-state index is -2.70. The zero-order chi connectivity index (χ0) is 8.48. The largest absolute Gasteiger partial charge is 1.00 e. The summed E-state index contributed by atoms with van der Waals surface area (Å²) in [4.78, 5) is 20.9. The molecule has 1 aliphatic carbocycles. The SMILES string of the molecule is O=C([O-])C1(F)CCCCC1=O.[Na+]. The summed E-state index contributed by atoms with van der Waals surface area (Å²) in [7, 11) is 0. The van der Waals surface area contributed by atoms with Crippen LogP contribution in [0.15, 0.2) is 0 Å². The van der Waals surface area contributed by atoms with Crippen LogP contribution < -0.4 is 34.7 Å². The molecule has 0 aliphatic heterocycles. The number of hydrogen-bond donors (Lipinski definition) is 0. The van der Waals surface area contributed by atoms with Crippen LogP contribution >= 0.6 is 0 Å². The summed E-state index contributed by atoms with van der Waals surface area (Å²) in [6.07, 6.45) is 0.812. The molecule has 0 spiro atoms. The third kappa shape index (κ3) is 2.06. The molecule has 0 heterocycles. The topological polar surface area (TPSA) is 57.2 Å². The van der Waals surface area contributed by atoms with Gasteiger partial charge in [0.1, 0.15) is 0 Å². The second-order valence-corrected chi connectivity index (χ2v) is 2.72. The van der Waals surface area contributed by atoms with E-state index in [9.17, 15) is 19.1 Å². The molecule has 0 aromatic rings. The van der Waals surface area contributed by atoms with Gasteiger partial charge in [0.2, 0.25) is 5.67 Å². The van der Waals surface area contributed by atoms with Gasteiger partial charge in [-0.05, 0) is 19.3 Å². The van der Waals surface area contributed by atoms with E-state index in [1.807, 2.05) is 0 Å². The second-order valence-electron chi connectivity index (χ2n) is 2.72. The van der Waals surface area contributed by atoms with Crippen LogP contribution in [0.4, 0.5) is 4.39 Å². The molecule has 0 amide bonds. The van der Waals surface area contributed by atoms with Crippen LogP contribution in [0.5, 0.6) is 0 Å². The molecule has 0 aromatic carbocycles. The van der Waals surface area contributed by atoms with Gasteiger partial charge in [-0.1, -0.05) is 0 Å². The Morgan fingerprint density at radius 2 is 2.08 bits per heavy atom. The van der Waals surface area contributed by atoms with Crippen LogP contribution in [0.2, 0.25) is 0 Å². The zero-order valence-electron chi connectivity index (χ0n) is 6.93. The van der Waals surface area contributed by atoms with Crippen molar-refractivity contribution in [3.8, 4) is 0 Å². The smallest absolute Gasteiger partial charge is 0.546 e. The first-order chi connectivity index (χ1) is 5.07. The Kier molecular flexibility index (Phi) is 4.37. The Bertz CT molecular complexity index is 207. The van der Waals surface area contributed by atoms with Gasteiger partial charge in [0.25, 0.3) is 0 Å². The minimum Gasteiger partial charge on any atom is -0.546 e. The van der Waals surface area contributed by atoms with Gasteiger partial charge in [-0.2, -0.15) is 0 Å². The fraction of sp³-hybridized carbons (Fsp3) is 0.714. The molecular weight excluding hydrogens is 174 g/mol. The summed E-state index contributed by atoms with van der Waals surface area (Å²) in [5.41, 5.74) is -2.70. The van der Waals surface area contributed by atoms with Gasteiger partial charge >= 0.3 is 29.6 Å². The van der Waals surface area contributed by atoms with Crippen molar-refractivity contribution in [2.45, 2.75) is 31.4 Å². The van der Waals surface area contributed by atoms with E-state index >= 15 is 0 Å². The normalized spacial score (nSPS) is 29.2. The van der Waals surface area contributed by atoms with E-state index in [4.69, 9.17) is 0 Å².